The van der Waals surface area contributed by atoms with Gasteiger partial charge in [0.2, 0.25) is 0 Å². The van der Waals surface area contributed by atoms with E-state index in [0.717, 1.165) is 22.9 Å². The number of phenols is 1. The molecule has 0 spiro atoms. The van der Waals surface area contributed by atoms with E-state index in [1.165, 1.54) is 6.07 Å². The van der Waals surface area contributed by atoms with Crippen LogP contribution in [-0.2, 0) is 0 Å². The second-order valence-electron chi connectivity index (χ2n) is 4.11. The van der Waals surface area contributed by atoms with Gasteiger partial charge in [0.15, 0.2) is 0 Å². The molecule has 94 valence electrons. The van der Waals surface area contributed by atoms with Gasteiger partial charge in [-0.3, -0.25) is 0 Å². The van der Waals surface area contributed by atoms with Crippen molar-refractivity contribution in [1.29, 1.82) is 0 Å². The lowest BCUT2D eigenvalue weighted by Gasteiger charge is -2.10. The summed E-state index contributed by atoms with van der Waals surface area (Å²) in [5, 5.41) is 9.42. The fourth-order valence-corrected chi connectivity index (χ4v) is 1.95. The van der Waals surface area contributed by atoms with Crippen LogP contribution in [-0.4, -0.2) is 11.7 Å². The zero-order valence-corrected chi connectivity index (χ0v) is 10.4. The number of aromatic hydroxyl groups is 1. The maximum absolute atomic E-state index is 13.3. The third kappa shape index (κ3) is 2.62. The third-order valence-corrected chi connectivity index (χ3v) is 2.70. The zero-order valence-electron chi connectivity index (χ0n) is 10.4. The van der Waals surface area contributed by atoms with Crippen LogP contribution in [0.4, 0.5) is 4.39 Å². The molecule has 0 amide bonds. The number of hydrogen-bond donors (Lipinski definition) is 1. The van der Waals surface area contributed by atoms with Gasteiger partial charge in [-0.2, -0.15) is 0 Å². The van der Waals surface area contributed by atoms with Crippen molar-refractivity contribution in [1.82, 2.24) is 0 Å². The molecule has 0 saturated heterocycles. The van der Waals surface area contributed by atoms with Crippen molar-refractivity contribution in [3.05, 3.63) is 47.8 Å². The van der Waals surface area contributed by atoms with Crippen molar-refractivity contribution < 1.29 is 14.2 Å². The third-order valence-electron chi connectivity index (χ3n) is 2.70. The van der Waals surface area contributed by atoms with E-state index >= 15 is 0 Å². The molecule has 0 aromatic heterocycles. The first-order valence-electron chi connectivity index (χ1n) is 5.83. The van der Waals surface area contributed by atoms with E-state index in [9.17, 15) is 9.50 Å². The van der Waals surface area contributed by atoms with Gasteiger partial charge in [0, 0.05) is 6.07 Å². The molecule has 2 aromatic carbocycles. The molecule has 0 unspecified atom stereocenters. The smallest absolute Gasteiger partial charge is 0.127 e. The first kappa shape index (κ1) is 12.4. The van der Waals surface area contributed by atoms with Crippen LogP contribution in [0.25, 0.3) is 11.1 Å². The van der Waals surface area contributed by atoms with Crippen LogP contribution >= 0.6 is 0 Å². The highest BCUT2D eigenvalue weighted by atomic mass is 19.1. The fraction of sp³-hybridized carbons (Fsp3) is 0.200. The van der Waals surface area contributed by atoms with Crippen LogP contribution in [0, 0.1) is 12.7 Å². The maximum Gasteiger partial charge on any atom is 0.127 e. The molecule has 1 N–H and O–H groups in total. The quantitative estimate of drug-likeness (QED) is 0.889. The molecule has 2 rings (SSSR count). The number of halogens is 1. The minimum atomic E-state index is -0.446. The van der Waals surface area contributed by atoms with Gasteiger partial charge in [0.05, 0.1) is 6.61 Å². The van der Waals surface area contributed by atoms with Gasteiger partial charge in [-0.1, -0.05) is 6.07 Å². The molecular weight excluding hydrogens is 231 g/mol. The number of rotatable bonds is 3. The number of phenolic OH excluding ortho intramolecular Hbond substituents is 1. The summed E-state index contributed by atoms with van der Waals surface area (Å²) in [7, 11) is 0. The van der Waals surface area contributed by atoms with Gasteiger partial charge in [-0.15, -0.1) is 0 Å². The largest absolute Gasteiger partial charge is 0.508 e. The van der Waals surface area contributed by atoms with Crippen molar-refractivity contribution >= 4 is 0 Å². The Morgan fingerprint density at radius 1 is 1.17 bits per heavy atom. The lowest BCUT2D eigenvalue weighted by atomic mass is 10.00. The Balaban J connectivity index is 2.44. The van der Waals surface area contributed by atoms with E-state index in [2.05, 4.69) is 0 Å². The number of ether oxygens (including phenoxy) is 1. The summed E-state index contributed by atoms with van der Waals surface area (Å²) in [4.78, 5) is 0. The maximum atomic E-state index is 13.3. The average Bonchev–Trinajstić information content (AvgIpc) is 2.28. The van der Waals surface area contributed by atoms with Crippen molar-refractivity contribution in [2.45, 2.75) is 13.8 Å². The van der Waals surface area contributed by atoms with E-state index in [1.807, 2.05) is 32.0 Å². The monoisotopic (exact) mass is 246 g/mol. The predicted molar refractivity (Wildman–Crippen MR) is 69.4 cm³/mol. The molecule has 0 aliphatic rings. The van der Waals surface area contributed by atoms with Gasteiger partial charge in [-0.25, -0.2) is 4.39 Å². The Labute approximate surface area is 106 Å². The van der Waals surface area contributed by atoms with Gasteiger partial charge >= 0.3 is 0 Å². The molecule has 2 nitrogen and oxygen atoms in total. The second kappa shape index (κ2) is 5.08. The normalized spacial score (nSPS) is 10.4. The minimum absolute atomic E-state index is 0.0710. The summed E-state index contributed by atoms with van der Waals surface area (Å²) < 4.78 is 18.7. The number of hydrogen-bond acceptors (Lipinski definition) is 2. The SMILES string of the molecule is CCOc1ccc(-c2cc(O)cc(F)c2)c(C)c1. The van der Waals surface area contributed by atoms with Gasteiger partial charge in [0.1, 0.15) is 17.3 Å². The van der Waals surface area contributed by atoms with Crippen molar-refractivity contribution in [3.63, 3.8) is 0 Å². The van der Waals surface area contributed by atoms with E-state index in [4.69, 9.17) is 4.74 Å². The molecule has 3 heteroatoms. The van der Waals surface area contributed by atoms with Gasteiger partial charge < -0.3 is 9.84 Å². The van der Waals surface area contributed by atoms with Crippen molar-refractivity contribution in [2.75, 3.05) is 6.61 Å². The standard InChI is InChI=1S/C15H15FO2/c1-3-18-14-4-5-15(10(2)6-14)11-7-12(16)9-13(17)8-11/h4-9,17H,3H2,1-2H3. The van der Waals surface area contributed by atoms with Crippen molar-refractivity contribution in [3.8, 4) is 22.6 Å². The second-order valence-corrected chi connectivity index (χ2v) is 4.11. The van der Waals surface area contributed by atoms with Crippen LogP contribution in [0.1, 0.15) is 12.5 Å². The number of benzene rings is 2. The molecule has 0 radical (unpaired) electrons. The summed E-state index contributed by atoms with van der Waals surface area (Å²) in [6.07, 6.45) is 0. The molecule has 18 heavy (non-hydrogen) atoms. The van der Waals surface area contributed by atoms with E-state index in [1.54, 1.807) is 6.07 Å². The van der Waals surface area contributed by atoms with E-state index in [0.29, 0.717) is 12.2 Å². The Morgan fingerprint density at radius 3 is 2.56 bits per heavy atom. The van der Waals surface area contributed by atoms with E-state index < -0.39 is 5.82 Å². The average molecular weight is 246 g/mol. The fourth-order valence-electron chi connectivity index (χ4n) is 1.95. The Bertz CT molecular complexity index is 544. The van der Waals surface area contributed by atoms with Crippen LogP contribution in [0.3, 0.4) is 0 Å². The first-order valence-corrected chi connectivity index (χ1v) is 5.83. The summed E-state index contributed by atoms with van der Waals surface area (Å²) in [6.45, 7) is 4.47. The topological polar surface area (TPSA) is 29.5 Å². The molecular formula is C15H15FO2. The molecule has 0 heterocycles. The van der Waals surface area contributed by atoms with Crippen LogP contribution in [0.5, 0.6) is 11.5 Å². The highest BCUT2D eigenvalue weighted by Crippen LogP contribution is 2.29. The zero-order chi connectivity index (χ0) is 13.1. The minimum Gasteiger partial charge on any atom is -0.508 e. The first-order chi connectivity index (χ1) is 8.60. The van der Waals surface area contributed by atoms with Gasteiger partial charge in [-0.05, 0) is 54.8 Å². The Morgan fingerprint density at radius 2 is 1.94 bits per heavy atom. The van der Waals surface area contributed by atoms with Crippen molar-refractivity contribution in [2.24, 2.45) is 0 Å². The van der Waals surface area contributed by atoms with Crippen LogP contribution in [0.15, 0.2) is 36.4 Å². The van der Waals surface area contributed by atoms with Crippen LogP contribution in [0.2, 0.25) is 0 Å². The molecule has 0 saturated carbocycles. The summed E-state index contributed by atoms with van der Waals surface area (Å²) >= 11 is 0. The highest BCUT2D eigenvalue weighted by Gasteiger charge is 2.06. The molecule has 0 aliphatic heterocycles. The Hall–Kier alpha value is -2.03. The summed E-state index contributed by atoms with van der Waals surface area (Å²) in [5.41, 5.74) is 2.52. The van der Waals surface area contributed by atoms with E-state index in [-0.39, 0.29) is 5.75 Å². The lowest BCUT2D eigenvalue weighted by Crippen LogP contribution is -1.92. The lowest BCUT2D eigenvalue weighted by molar-refractivity contribution is 0.340. The summed E-state index contributed by atoms with van der Waals surface area (Å²) in [5.74, 6) is 0.274. The van der Waals surface area contributed by atoms with Gasteiger partial charge in [0.25, 0.3) is 0 Å². The molecule has 0 bridgehead atoms. The summed E-state index contributed by atoms with van der Waals surface area (Å²) in [6, 6.07) is 9.66. The molecule has 0 fully saturated rings. The number of aryl methyl sites for hydroxylation is 1. The Kier molecular flexibility index (Phi) is 3.51. The molecule has 0 aliphatic carbocycles. The predicted octanol–water partition coefficient (Wildman–Crippen LogP) is 3.91. The molecule has 0 atom stereocenters. The molecule has 2 aromatic rings. The van der Waals surface area contributed by atoms with Crippen LogP contribution < -0.4 is 4.74 Å². The highest BCUT2D eigenvalue weighted by molar-refractivity contribution is 5.69.